The first-order chi connectivity index (χ1) is 8.32. The zero-order valence-electron chi connectivity index (χ0n) is 14.2. The fourth-order valence-electron chi connectivity index (χ4n) is 2.33. The number of halogens is 3. The van der Waals surface area contributed by atoms with Gasteiger partial charge in [-0.3, -0.25) is 0 Å². The predicted octanol–water partition coefficient (Wildman–Crippen LogP) is 5.88. The molecule has 144 valence electrons. The van der Waals surface area contributed by atoms with Crippen molar-refractivity contribution < 1.29 is 122 Å². The van der Waals surface area contributed by atoms with Gasteiger partial charge in [0.05, 0.1) is 0 Å². The zero-order valence-corrected chi connectivity index (χ0v) is 32.4. The Labute approximate surface area is 269 Å². The fraction of sp³-hybridized carbons (Fsp3) is 0.857. The Hall–Kier alpha value is 5.65. The van der Waals surface area contributed by atoms with Gasteiger partial charge in [0.2, 0.25) is 0 Å². The summed E-state index contributed by atoms with van der Waals surface area (Å²) >= 11 is 4.24. The summed E-state index contributed by atoms with van der Waals surface area (Å²) in [6.07, 6.45) is 4.30. The van der Waals surface area contributed by atoms with E-state index in [4.69, 9.17) is 14.6 Å². The van der Waals surface area contributed by atoms with Gasteiger partial charge < -0.3 is 20.5 Å². The van der Waals surface area contributed by atoms with Crippen molar-refractivity contribution in [2.45, 2.75) is 65.1 Å². The van der Waals surface area contributed by atoms with Gasteiger partial charge in [-0.1, -0.05) is 7.43 Å². The molecule has 10 heteroatoms. The van der Waals surface area contributed by atoms with E-state index < -0.39 is 0 Å². The van der Waals surface area contributed by atoms with Gasteiger partial charge in [-0.2, -0.15) is 25.9 Å². The molecule has 2 rings (SSSR count). The van der Waals surface area contributed by atoms with E-state index in [0.29, 0.717) is 18.9 Å². The van der Waals surface area contributed by atoms with Crippen LogP contribution in [0.4, 0.5) is 0 Å². The standard InChI is InChI=1S/C7H13O.C6H11O2.CH4.I2.HI.2W.2Y/c1-6-4-7(2,5-6)8-3;1-6(8-2)3-5(7)4-6;;1-2;;;;;/h4-5H2,1-3H3;7H,3-4H2,1-2H3;1H4;;1H;;;;/q2*-1;;;;;;;. The third-order valence-electron chi connectivity index (χ3n) is 3.49. The zero-order chi connectivity index (χ0) is 14.4. The van der Waals surface area contributed by atoms with E-state index in [9.17, 15) is 0 Å². The number of aliphatic hydroxyl groups excluding tert-OH is 1. The molecule has 0 aromatic rings. The van der Waals surface area contributed by atoms with Crippen LogP contribution in [0.1, 0.15) is 53.9 Å². The number of rotatable bonds is 2. The second-order valence-corrected chi connectivity index (χ2v) is 5.54. The molecule has 2 fully saturated rings. The van der Waals surface area contributed by atoms with Crippen LogP contribution in [0.15, 0.2) is 0 Å². The smallest absolute Gasteiger partial charge is 0.0359 e. The van der Waals surface area contributed by atoms with Gasteiger partial charge in [-0.25, -0.2) is 0 Å². The Morgan fingerprint density at radius 3 is 1.21 bits per heavy atom. The summed E-state index contributed by atoms with van der Waals surface area (Å²) in [7, 11) is 3.46. The third kappa shape index (κ3) is 19.6. The van der Waals surface area contributed by atoms with E-state index in [1.165, 1.54) is 0 Å². The van der Waals surface area contributed by atoms with E-state index in [1.54, 1.807) is 20.1 Å². The van der Waals surface area contributed by atoms with Gasteiger partial charge in [0.15, 0.2) is 0 Å². The van der Waals surface area contributed by atoms with Crippen LogP contribution in [0.2, 0.25) is 0 Å². The Bertz CT molecular complexity index is 223. The topological polar surface area (TPSA) is 38.7 Å². The molecule has 0 aromatic carbocycles. The first-order valence-corrected chi connectivity index (χ1v) is 12.2. The SMILES string of the molecule is C.COC1(C)C[C-](C)C1.COC1(C)C[C-](O)C1.I.II.[W].[W].[Y].[Y]. The van der Waals surface area contributed by atoms with Gasteiger partial charge in [0, 0.05) is 170 Å². The van der Waals surface area contributed by atoms with E-state index >= 15 is 0 Å². The van der Waals surface area contributed by atoms with Crippen LogP contribution >= 0.6 is 61.2 Å². The van der Waals surface area contributed by atoms with Crippen LogP contribution in [0, 0.1) is 12.0 Å². The summed E-state index contributed by atoms with van der Waals surface area (Å²) in [5, 5.41) is 8.75. The summed E-state index contributed by atoms with van der Waals surface area (Å²) < 4.78 is 10.3. The molecular weight excluding hydrogens is 1140 g/mol. The minimum atomic E-state index is -0.0515. The van der Waals surface area contributed by atoms with Gasteiger partial charge in [-0.15, -0.1) is 36.8 Å². The second-order valence-electron chi connectivity index (χ2n) is 5.54. The van der Waals surface area contributed by atoms with Crippen molar-refractivity contribution in [3.05, 3.63) is 12.0 Å². The van der Waals surface area contributed by atoms with E-state index in [0.717, 1.165) is 12.8 Å². The van der Waals surface area contributed by atoms with Crippen LogP contribution in [0.5, 0.6) is 0 Å². The third-order valence-corrected chi connectivity index (χ3v) is 3.49. The Morgan fingerprint density at radius 2 is 1.12 bits per heavy atom. The quantitative estimate of drug-likeness (QED) is 0.278. The van der Waals surface area contributed by atoms with Gasteiger partial charge in [0.1, 0.15) is 0 Å². The summed E-state index contributed by atoms with van der Waals surface area (Å²) in [5.41, 5.74) is 0.147. The van der Waals surface area contributed by atoms with Crippen molar-refractivity contribution in [3.8, 4) is 0 Å². The Kier molecular flexibility index (Phi) is 49.3. The molecule has 0 unspecified atom stereocenters. The molecule has 0 heterocycles. The Balaban J connectivity index is -0.0000000355. The van der Waals surface area contributed by atoms with Gasteiger partial charge >= 0.3 is 0 Å². The number of aliphatic hydroxyl groups is 1. The number of hydrogen-bond acceptors (Lipinski definition) is 3. The summed E-state index contributed by atoms with van der Waals surface area (Å²) in [6.45, 7) is 6.33. The average molecular weight is 1170 g/mol. The Morgan fingerprint density at radius 1 is 0.875 bits per heavy atom. The monoisotopic (exact) mass is 1170 g/mol. The van der Waals surface area contributed by atoms with Crippen LogP contribution in [0.25, 0.3) is 0 Å². The average Bonchev–Trinajstić information content (AvgIpc) is 2.29. The molecule has 0 bridgehead atoms. The van der Waals surface area contributed by atoms with Crippen LogP contribution in [-0.4, -0.2) is 30.5 Å². The summed E-state index contributed by atoms with van der Waals surface area (Å²) in [5.74, 6) is 1.56. The summed E-state index contributed by atoms with van der Waals surface area (Å²) in [4.78, 5) is 0. The number of methoxy groups -OCH3 is 2. The van der Waals surface area contributed by atoms with Crippen LogP contribution < -0.4 is 0 Å². The van der Waals surface area contributed by atoms with E-state index in [1.807, 2.05) is 6.92 Å². The molecule has 3 nitrogen and oxygen atoms in total. The number of ether oxygens (including phenoxy) is 2. The molecule has 1 N–H and O–H groups in total. The fourth-order valence-corrected chi connectivity index (χ4v) is 2.33. The minimum Gasteiger partial charge on any atom is -0.563 e. The maximum Gasteiger partial charge on any atom is 0.0359 e. The van der Waals surface area contributed by atoms with Crippen molar-refractivity contribution in [1.29, 1.82) is 0 Å². The van der Waals surface area contributed by atoms with Crippen molar-refractivity contribution in [2.24, 2.45) is 0 Å². The molecule has 2 aliphatic rings. The maximum absolute atomic E-state index is 8.75. The molecule has 2 saturated carbocycles. The number of hydrogen-bond donors (Lipinski definition) is 1. The van der Waals surface area contributed by atoms with Crippen molar-refractivity contribution in [3.63, 3.8) is 0 Å². The molecule has 0 aromatic heterocycles. The second kappa shape index (κ2) is 24.9. The minimum absolute atomic E-state index is 0. The van der Waals surface area contributed by atoms with Crippen molar-refractivity contribution >= 4 is 61.2 Å². The first-order valence-electron chi connectivity index (χ1n) is 5.92. The molecule has 0 amide bonds. The normalized spacial score (nSPS) is 18.5. The molecular formula is C14H29I3O3W2Y2-2. The maximum atomic E-state index is 8.75. The van der Waals surface area contributed by atoms with Crippen LogP contribution in [-0.2, 0) is 117 Å². The van der Waals surface area contributed by atoms with E-state index in [-0.39, 0.29) is 150 Å². The van der Waals surface area contributed by atoms with Crippen molar-refractivity contribution in [2.75, 3.05) is 14.2 Å². The predicted molar refractivity (Wildman–Crippen MR) is 114 cm³/mol. The molecule has 2 radical (unpaired) electrons. The van der Waals surface area contributed by atoms with Gasteiger partial charge in [-0.05, 0) is 13.8 Å². The van der Waals surface area contributed by atoms with Crippen molar-refractivity contribution in [1.82, 2.24) is 0 Å². The molecule has 24 heavy (non-hydrogen) atoms. The summed E-state index contributed by atoms with van der Waals surface area (Å²) in [6, 6.07) is 0. The largest absolute Gasteiger partial charge is 0.563 e. The molecule has 0 spiro atoms. The first kappa shape index (κ1) is 47.4. The molecule has 2 aliphatic carbocycles. The van der Waals surface area contributed by atoms with Gasteiger partial charge in [0.25, 0.3) is 0 Å². The molecule has 0 saturated heterocycles. The molecule has 0 atom stereocenters. The van der Waals surface area contributed by atoms with E-state index in [2.05, 4.69) is 51.1 Å². The van der Waals surface area contributed by atoms with Crippen LogP contribution in [0.3, 0.4) is 0 Å². The molecule has 0 aliphatic heterocycles.